The van der Waals surface area contributed by atoms with E-state index in [0.717, 1.165) is 18.5 Å². The van der Waals surface area contributed by atoms with Crippen molar-refractivity contribution in [2.75, 3.05) is 6.54 Å². The molecule has 25 heavy (non-hydrogen) atoms. The molecule has 0 aliphatic carbocycles. The highest BCUT2D eigenvalue weighted by Gasteiger charge is 2.34. The van der Waals surface area contributed by atoms with Crippen LogP contribution in [0.5, 0.6) is 0 Å². The van der Waals surface area contributed by atoms with E-state index in [-0.39, 0.29) is 17.7 Å². The standard InChI is InChI=1S/C18H16FN3O3/c1-11-9-15(21-24-11)16-7-4-8-22(16)18(23)17-10-14(20-25-17)12-5-2-3-6-13(12)19/h2-3,5-6,9-10,16H,4,7-8H2,1H3. The van der Waals surface area contributed by atoms with E-state index in [0.29, 0.717) is 23.6 Å². The molecular formula is C18H16FN3O3. The maximum absolute atomic E-state index is 13.9. The van der Waals surface area contributed by atoms with Gasteiger partial charge in [-0.25, -0.2) is 4.39 Å². The minimum absolute atomic E-state index is 0.0883. The Bertz CT molecular complexity index is 918. The largest absolute Gasteiger partial charge is 0.361 e. The summed E-state index contributed by atoms with van der Waals surface area (Å²) in [6, 6.07) is 9.41. The van der Waals surface area contributed by atoms with Crippen LogP contribution in [0.1, 0.15) is 40.9 Å². The maximum Gasteiger partial charge on any atom is 0.293 e. The van der Waals surface area contributed by atoms with E-state index in [1.165, 1.54) is 12.1 Å². The molecule has 1 unspecified atom stereocenters. The van der Waals surface area contributed by atoms with Crippen LogP contribution in [0.4, 0.5) is 4.39 Å². The summed E-state index contributed by atoms with van der Waals surface area (Å²) in [7, 11) is 0. The van der Waals surface area contributed by atoms with Gasteiger partial charge in [-0.3, -0.25) is 4.79 Å². The van der Waals surface area contributed by atoms with E-state index >= 15 is 0 Å². The van der Waals surface area contributed by atoms with Gasteiger partial charge in [-0.15, -0.1) is 0 Å². The molecule has 6 nitrogen and oxygen atoms in total. The third-order valence-corrected chi connectivity index (χ3v) is 4.37. The fraction of sp³-hybridized carbons (Fsp3) is 0.278. The van der Waals surface area contributed by atoms with Gasteiger partial charge in [0, 0.05) is 24.2 Å². The summed E-state index contributed by atoms with van der Waals surface area (Å²) in [6.07, 6.45) is 1.68. The molecule has 1 saturated heterocycles. The van der Waals surface area contributed by atoms with Gasteiger partial charge >= 0.3 is 0 Å². The molecule has 7 heteroatoms. The number of hydrogen-bond donors (Lipinski definition) is 0. The summed E-state index contributed by atoms with van der Waals surface area (Å²) >= 11 is 0. The van der Waals surface area contributed by atoms with Gasteiger partial charge in [0.15, 0.2) is 0 Å². The van der Waals surface area contributed by atoms with Gasteiger partial charge in [0.05, 0.1) is 6.04 Å². The predicted octanol–water partition coefficient (Wildman–Crippen LogP) is 3.75. The normalized spacial score (nSPS) is 17.2. The first-order valence-corrected chi connectivity index (χ1v) is 8.09. The Balaban J connectivity index is 1.60. The Labute approximate surface area is 143 Å². The number of aryl methyl sites for hydroxylation is 1. The van der Waals surface area contributed by atoms with Crippen molar-refractivity contribution in [1.29, 1.82) is 0 Å². The molecule has 1 amide bonds. The number of hydrogen-bond acceptors (Lipinski definition) is 5. The minimum Gasteiger partial charge on any atom is -0.361 e. The summed E-state index contributed by atoms with van der Waals surface area (Å²) in [6.45, 7) is 2.42. The number of carbonyl (C=O) groups excluding carboxylic acids is 1. The van der Waals surface area contributed by atoms with Crippen LogP contribution in [0.15, 0.2) is 45.4 Å². The minimum atomic E-state index is -0.410. The third-order valence-electron chi connectivity index (χ3n) is 4.37. The zero-order valence-electron chi connectivity index (χ0n) is 13.6. The average molecular weight is 341 g/mol. The van der Waals surface area contributed by atoms with Crippen LogP contribution in [-0.4, -0.2) is 27.7 Å². The molecular weight excluding hydrogens is 325 g/mol. The number of rotatable bonds is 3. The fourth-order valence-electron chi connectivity index (χ4n) is 3.17. The van der Waals surface area contributed by atoms with Crippen molar-refractivity contribution in [3.63, 3.8) is 0 Å². The van der Waals surface area contributed by atoms with E-state index in [9.17, 15) is 9.18 Å². The smallest absolute Gasteiger partial charge is 0.293 e. The topological polar surface area (TPSA) is 72.4 Å². The van der Waals surface area contributed by atoms with E-state index in [4.69, 9.17) is 9.05 Å². The Hall–Kier alpha value is -2.96. The van der Waals surface area contributed by atoms with Crippen LogP contribution in [0.2, 0.25) is 0 Å². The number of halogens is 1. The Morgan fingerprint density at radius 1 is 1.24 bits per heavy atom. The van der Waals surface area contributed by atoms with E-state index < -0.39 is 5.82 Å². The monoisotopic (exact) mass is 341 g/mol. The first-order chi connectivity index (χ1) is 12.1. The average Bonchev–Trinajstić information content (AvgIpc) is 3.34. The Kier molecular flexibility index (Phi) is 3.83. The molecule has 0 radical (unpaired) electrons. The molecule has 3 aromatic rings. The number of nitrogens with zero attached hydrogens (tertiary/aromatic N) is 3. The highest BCUT2D eigenvalue weighted by molar-refractivity contribution is 5.93. The molecule has 0 saturated carbocycles. The highest BCUT2D eigenvalue weighted by Crippen LogP contribution is 2.33. The molecule has 2 aromatic heterocycles. The van der Waals surface area contributed by atoms with Crippen LogP contribution in [0.3, 0.4) is 0 Å². The quantitative estimate of drug-likeness (QED) is 0.725. The lowest BCUT2D eigenvalue weighted by molar-refractivity contribution is 0.0688. The van der Waals surface area contributed by atoms with Crippen LogP contribution in [0.25, 0.3) is 11.3 Å². The van der Waals surface area contributed by atoms with Crippen LogP contribution in [-0.2, 0) is 0 Å². The Morgan fingerprint density at radius 3 is 2.84 bits per heavy atom. The van der Waals surface area contributed by atoms with Crippen molar-refractivity contribution in [2.24, 2.45) is 0 Å². The third kappa shape index (κ3) is 2.82. The summed E-state index contributed by atoms with van der Waals surface area (Å²) in [4.78, 5) is 14.5. The number of likely N-dealkylation sites (tertiary alicyclic amines) is 1. The lowest BCUT2D eigenvalue weighted by Crippen LogP contribution is -2.30. The molecule has 1 atom stereocenters. The molecule has 1 aliphatic heterocycles. The molecule has 1 fully saturated rings. The molecule has 1 aliphatic rings. The van der Waals surface area contributed by atoms with Crippen molar-refractivity contribution in [3.05, 3.63) is 59.4 Å². The summed E-state index contributed by atoms with van der Waals surface area (Å²) in [5.74, 6) is 0.103. The summed E-state index contributed by atoms with van der Waals surface area (Å²) in [5.41, 5.74) is 1.34. The van der Waals surface area contributed by atoms with Crippen LogP contribution >= 0.6 is 0 Å². The SMILES string of the molecule is Cc1cc(C2CCCN2C(=O)c2cc(-c3ccccc3F)no2)no1. The molecule has 3 heterocycles. The number of benzene rings is 1. The second-order valence-corrected chi connectivity index (χ2v) is 6.08. The first kappa shape index (κ1) is 15.6. The van der Waals surface area contributed by atoms with Gasteiger partial charge in [-0.05, 0) is 31.9 Å². The summed E-state index contributed by atoms with van der Waals surface area (Å²) < 4.78 is 24.2. The zero-order valence-corrected chi connectivity index (χ0v) is 13.6. The van der Waals surface area contributed by atoms with E-state index in [2.05, 4.69) is 10.3 Å². The highest BCUT2D eigenvalue weighted by atomic mass is 19.1. The molecule has 128 valence electrons. The number of amides is 1. The van der Waals surface area contributed by atoms with Gasteiger partial charge in [-0.2, -0.15) is 0 Å². The van der Waals surface area contributed by atoms with Gasteiger partial charge in [0.25, 0.3) is 5.91 Å². The van der Waals surface area contributed by atoms with Gasteiger partial charge in [-0.1, -0.05) is 22.4 Å². The van der Waals surface area contributed by atoms with Crippen molar-refractivity contribution >= 4 is 5.91 Å². The maximum atomic E-state index is 13.9. The van der Waals surface area contributed by atoms with Gasteiger partial charge < -0.3 is 13.9 Å². The van der Waals surface area contributed by atoms with E-state index in [1.54, 1.807) is 23.1 Å². The van der Waals surface area contributed by atoms with Crippen LogP contribution in [0, 0.1) is 12.7 Å². The molecule has 1 aromatic carbocycles. The molecule has 0 N–H and O–H groups in total. The number of carbonyl (C=O) groups is 1. The lowest BCUT2D eigenvalue weighted by atomic mass is 10.1. The van der Waals surface area contributed by atoms with Gasteiger partial charge in [0.2, 0.25) is 5.76 Å². The predicted molar refractivity (Wildman–Crippen MR) is 86.1 cm³/mol. The Morgan fingerprint density at radius 2 is 2.08 bits per heavy atom. The van der Waals surface area contributed by atoms with Crippen molar-refractivity contribution in [1.82, 2.24) is 15.2 Å². The molecule has 4 rings (SSSR count). The van der Waals surface area contributed by atoms with Crippen molar-refractivity contribution in [2.45, 2.75) is 25.8 Å². The second-order valence-electron chi connectivity index (χ2n) is 6.08. The van der Waals surface area contributed by atoms with Gasteiger partial charge in [0.1, 0.15) is 23.0 Å². The van der Waals surface area contributed by atoms with Crippen LogP contribution < -0.4 is 0 Å². The van der Waals surface area contributed by atoms with Crippen molar-refractivity contribution in [3.8, 4) is 11.3 Å². The van der Waals surface area contributed by atoms with Crippen molar-refractivity contribution < 1.29 is 18.2 Å². The first-order valence-electron chi connectivity index (χ1n) is 8.09. The molecule has 0 bridgehead atoms. The van der Waals surface area contributed by atoms with E-state index in [1.807, 2.05) is 13.0 Å². The lowest BCUT2D eigenvalue weighted by Gasteiger charge is -2.21. The molecule has 0 spiro atoms. The fourth-order valence-corrected chi connectivity index (χ4v) is 3.17. The second kappa shape index (κ2) is 6.16. The number of aromatic nitrogens is 2. The summed E-state index contributed by atoms with van der Waals surface area (Å²) in [5, 5.41) is 7.87. The zero-order chi connectivity index (χ0) is 17.4.